The predicted molar refractivity (Wildman–Crippen MR) is 72.0 cm³/mol. The standard InChI is InChI=1S/C14H18N2O3/c1-2-19-14(18)11-5-3-4-6-12(11)16-13(17)7-10-8-15-9-10/h3-6,10,15H,2,7-9H2,1H3,(H,16,17). The number of para-hydroxylation sites is 1. The number of amides is 1. The molecule has 1 aromatic rings. The normalized spacial score (nSPS) is 14.6. The zero-order chi connectivity index (χ0) is 13.7. The van der Waals surface area contributed by atoms with Crippen LogP contribution in [0.15, 0.2) is 24.3 Å². The summed E-state index contributed by atoms with van der Waals surface area (Å²) < 4.78 is 4.96. The van der Waals surface area contributed by atoms with Gasteiger partial charge in [0.25, 0.3) is 0 Å². The van der Waals surface area contributed by atoms with Crippen molar-refractivity contribution in [3.8, 4) is 0 Å². The van der Waals surface area contributed by atoms with Crippen LogP contribution in [0.1, 0.15) is 23.7 Å². The second-order valence-corrected chi connectivity index (χ2v) is 4.54. The summed E-state index contributed by atoms with van der Waals surface area (Å²) in [7, 11) is 0. The molecule has 1 fully saturated rings. The molecule has 5 heteroatoms. The van der Waals surface area contributed by atoms with Crippen molar-refractivity contribution in [3.63, 3.8) is 0 Å². The van der Waals surface area contributed by atoms with Crippen molar-refractivity contribution in [2.75, 3.05) is 25.0 Å². The van der Waals surface area contributed by atoms with Crippen LogP contribution < -0.4 is 10.6 Å². The molecule has 102 valence electrons. The molecule has 1 heterocycles. The number of hydrogen-bond acceptors (Lipinski definition) is 4. The van der Waals surface area contributed by atoms with Crippen molar-refractivity contribution in [3.05, 3.63) is 29.8 Å². The Kier molecular flexibility index (Phi) is 4.52. The zero-order valence-corrected chi connectivity index (χ0v) is 10.9. The molecular weight excluding hydrogens is 244 g/mol. The molecule has 0 unspecified atom stereocenters. The number of nitrogens with one attached hydrogen (secondary N) is 2. The molecule has 1 aliphatic heterocycles. The Morgan fingerprint density at radius 2 is 2.11 bits per heavy atom. The average molecular weight is 262 g/mol. The minimum Gasteiger partial charge on any atom is -0.462 e. The highest BCUT2D eigenvalue weighted by atomic mass is 16.5. The molecule has 5 nitrogen and oxygen atoms in total. The molecule has 0 aromatic heterocycles. The Hall–Kier alpha value is -1.88. The molecule has 19 heavy (non-hydrogen) atoms. The molecule has 1 amide bonds. The van der Waals surface area contributed by atoms with Crippen molar-refractivity contribution >= 4 is 17.6 Å². The highest BCUT2D eigenvalue weighted by Gasteiger charge is 2.21. The summed E-state index contributed by atoms with van der Waals surface area (Å²) >= 11 is 0. The Labute approximate surface area is 112 Å². The minimum atomic E-state index is -0.413. The van der Waals surface area contributed by atoms with Crippen molar-refractivity contribution < 1.29 is 14.3 Å². The Morgan fingerprint density at radius 1 is 1.37 bits per heavy atom. The van der Waals surface area contributed by atoms with E-state index in [2.05, 4.69) is 10.6 Å². The number of ether oxygens (including phenoxy) is 1. The summed E-state index contributed by atoms with van der Waals surface area (Å²) in [5.74, 6) is -0.0817. The summed E-state index contributed by atoms with van der Waals surface area (Å²) in [5.41, 5.74) is 0.905. The second kappa shape index (κ2) is 6.33. The highest BCUT2D eigenvalue weighted by molar-refractivity contribution is 6.01. The van der Waals surface area contributed by atoms with Crippen LogP contribution in [0.3, 0.4) is 0 Å². The molecule has 0 bridgehead atoms. The maximum atomic E-state index is 11.9. The molecule has 1 saturated heterocycles. The first kappa shape index (κ1) is 13.5. The smallest absolute Gasteiger partial charge is 0.340 e. The van der Waals surface area contributed by atoms with Gasteiger partial charge in [0.2, 0.25) is 5.91 Å². The summed E-state index contributed by atoms with van der Waals surface area (Å²) in [5, 5.41) is 5.90. The lowest BCUT2D eigenvalue weighted by Gasteiger charge is -2.26. The van der Waals surface area contributed by atoms with E-state index in [4.69, 9.17) is 4.74 Å². The van der Waals surface area contributed by atoms with Crippen LogP contribution in [0, 0.1) is 5.92 Å². The van der Waals surface area contributed by atoms with Gasteiger partial charge in [-0.05, 0) is 38.1 Å². The SMILES string of the molecule is CCOC(=O)c1ccccc1NC(=O)CC1CNC1. The zero-order valence-electron chi connectivity index (χ0n) is 10.9. The number of hydrogen-bond donors (Lipinski definition) is 2. The van der Waals surface area contributed by atoms with Gasteiger partial charge in [0.05, 0.1) is 17.9 Å². The van der Waals surface area contributed by atoms with E-state index in [0.717, 1.165) is 13.1 Å². The first-order valence-corrected chi connectivity index (χ1v) is 6.47. The van der Waals surface area contributed by atoms with Gasteiger partial charge in [0, 0.05) is 6.42 Å². The first-order valence-electron chi connectivity index (χ1n) is 6.47. The fourth-order valence-electron chi connectivity index (χ4n) is 1.94. The topological polar surface area (TPSA) is 67.4 Å². The molecule has 0 aliphatic carbocycles. The summed E-state index contributed by atoms with van der Waals surface area (Å²) in [4.78, 5) is 23.6. The minimum absolute atomic E-state index is 0.0664. The third-order valence-corrected chi connectivity index (χ3v) is 3.04. The van der Waals surface area contributed by atoms with Gasteiger partial charge in [-0.2, -0.15) is 0 Å². The molecule has 2 N–H and O–H groups in total. The predicted octanol–water partition coefficient (Wildman–Crippen LogP) is 1.41. The van der Waals surface area contributed by atoms with Gasteiger partial charge in [0.15, 0.2) is 0 Å². The molecular formula is C14H18N2O3. The van der Waals surface area contributed by atoms with Crippen LogP contribution in [0.25, 0.3) is 0 Å². The van der Waals surface area contributed by atoms with E-state index < -0.39 is 5.97 Å². The fourth-order valence-corrected chi connectivity index (χ4v) is 1.94. The van der Waals surface area contributed by atoms with Crippen molar-refractivity contribution in [2.24, 2.45) is 5.92 Å². The Bertz CT molecular complexity index is 470. The molecule has 2 rings (SSSR count). The van der Waals surface area contributed by atoms with Crippen molar-refractivity contribution in [1.82, 2.24) is 5.32 Å². The second-order valence-electron chi connectivity index (χ2n) is 4.54. The molecule has 1 aromatic carbocycles. The van der Waals surface area contributed by atoms with Gasteiger partial charge in [-0.3, -0.25) is 4.79 Å². The quantitative estimate of drug-likeness (QED) is 0.787. The first-order chi connectivity index (χ1) is 9.20. The third-order valence-electron chi connectivity index (χ3n) is 3.04. The van der Waals surface area contributed by atoms with Crippen molar-refractivity contribution in [1.29, 1.82) is 0 Å². The lowest BCUT2D eigenvalue weighted by molar-refractivity contribution is -0.117. The summed E-state index contributed by atoms with van der Waals surface area (Å²) in [6, 6.07) is 6.89. The van der Waals surface area contributed by atoms with E-state index in [-0.39, 0.29) is 5.91 Å². The van der Waals surface area contributed by atoms with Crippen LogP contribution in [0.4, 0.5) is 5.69 Å². The number of rotatable bonds is 5. The van der Waals surface area contributed by atoms with Crippen LogP contribution in [-0.4, -0.2) is 31.6 Å². The van der Waals surface area contributed by atoms with E-state index in [9.17, 15) is 9.59 Å². The maximum Gasteiger partial charge on any atom is 0.340 e. The fraction of sp³-hybridized carbons (Fsp3) is 0.429. The monoisotopic (exact) mass is 262 g/mol. The number of carbonyl (C=O) groups is 2. The molecule has 1 aliphatic rings. The number of esters is 1. The lowest BCUT2D eigenvalue weighted by Crippen LogP contribution is -2.43. The Morgan fingerprint density at radius 3 is 2.74 bits per heavy atom. The van der Waals surface area contributed by atoms with E-state index in [1.807, 2.05) is 0 Å². The lowest BCUT2D eigenvalue weighted by atomic mass is 9.99. The van der Waals surface area contributed by atoms with Crippen LogP contribution in [0.5, 0.6) is 0 Å². The van der Waals surface area contributed by atoms with Gasteiger partial charge >= 0.3 is 5.97 Å². The van der Waals surface area contributed by atoms with Crippen LogP contribution in [-0.2, 0) is 9.53 Å². The van der Waals surface area contributed by atoms with Gasteiger partial charge in [-0.25, -0.2) is 4.79 Å². The van der Waals surface area contributed by atoms with E-state index in [1.165, 1.54) is 0 Å². The molecule has 0 atom stereocenters. The number of benzene rings is 1. The summed E-state index contributed by atoms with van der Waals surface area (Å²) in [6.07, 6.45) is 0.476. The number of anilines is 1. The molecule has 0 radical (unpaired) electrons. The Balaban J connectivity index is 2.02. The third kappa shape index (κ3) is 3.54. The van der Waals surface area contributed by atoms with Gasteiger partial charge in [0.1, 0.15) is 0 Å². The van der Waals surface area contributed by atoms with Gasteiger partial charge in [-0.15, -0.1) is 0 Å². The average Bonchev–Trinajstić information content (AvgIpc) is 2.35. The highest BCUT2D eigenvalue weighted by Crippen LogP contribution is 2.18. The van der Waals surface area contributed by atoms with E-state index in [0.29, 0.717) is 30.2 Å². The van der Waals surface area contributed by atoms with Crippen LogP contribution in [0.2, 0.25) is 0 Å². The van der Waals surface area contributed by atoms with Gasteiger partial charge < -0.3 is 15.4 Å². The molecule has 0 spiro atoms. The largest absolute Gasteiger partial charge is 0.462 e. The van der Waals surface area contributed by atoms with Crippen LogP contribution >= 0.6 is 0 Å². The van der Waals surface area contributed by atoms with Gasteiger partial charge in [-0.1, -0.05) is 12.1 Å². The van der Waals surface area contributed by atoms with E-state index in [1.54, 1.807) is 31.2 Å². The number of carbonyl (C=O) groups excluding carboxylic acids is 2. The van der Waals surface area contributed by atoms with E-state index >= 15 is 0 Å². The summed E-state index contributed by atoms with van der Waals surface area (Å²) in [6.45, 7) is 3.83. The maximum absolute atomic E-state index is 11.9. The van der Waals surface area contributed by atoms with Crippen molar-refractivity contribution in [2.45, 2.75) is 13.3 Å². The molecule has 0 saturated carbocycles.